The van der Waals surface area contributed by atoms with Crippen molar-refractivity contribution < 1.29 is 9.59 Å². The normalized spacial score (nSPS) is 23.3. The van der Waals surface area contributed by atoms with Gasteiger partial charge in [0.15, 0.2) is 0 Å². The maximum Gasteiger partial charge on any atom is 0.317 e. The number of rotatable bonds is 6. The fraction of sp³-hybridized carbons (Fsp3) is 0.875. The van der Waals surface area contributed by atoms with E-state index in [-0.39, 0.29) is 23.9 Å². The minimum atomic E-state index is -0.107. The van der Waals surface area contributed by atoms with Crippen LogP contribution < -0.4 is 16.4 Å². The van der Waals surface area contributed by atoms with E-state index in [0.717, 1.165) is 19.4 Å². The number of nitrogens with two attached hydrogens (primary N) is 1. The van der Waals surface area contributed by atoms with Gasteiger partial charge in [-0.3, -0.25) is 4.79 Å². The van der Waals surface area contributed by atoms with Crippen molar-refractivity contribution >= 4 is 11.9 Å². The Morgan fingerprint density at radius 1 is 1.18 bits per heavy atom. The lowest BCUT2D eigenvalue weighted by molar-refractivity contribution is -0.126. The molecule has 2 aliphatic rings. The summed E-state index contributed by atoms with van der Waals surface area (Å²) < 4.78 is 0. The summed E-state index contributed by atoms with van der Waals surface area (Å²) in [5, 5.41) is 5.88. The Hall–Kier alpha value is -1.30. The molecule has 2 rings (SSSR count). The van der Waals surface area contributed by atoms with Crippen LogP contribution in [0, 0.1) is 17.8 Å². The lowest BCUT2D eigenvalue weighted by Gasteiger charge is -2.32. The molecule has 1 aliphatic carbocycles. The molecular weight excluding hydrogens is 280 g/mol. The van der Waals surface area contributed by atoms with Gasteiger partial charge in [-0.05, 0) is 37.5 Å². The first kappa shape index (κ1) is 17.1. The van der Waals surface area contributed by atoms with E-state index in [4.69, 9.17) is 5.73 Å². The van der Waals surface area contributed by atoms with E-state index in [2.05, 4.69) is 24.5 Å². The van der Waals surface area contributed by atoms with Gasteiger partial charge in [0.05, 0.1) is 5.92 Å². The second-order valence-corrected chi connectivity index (χ2v) is 7.11. The Bertz CT molecular complexity index is 396. The molecule has 2 fully saturated rings. The summed E-state index contributed by atoms with van der Waals surface area (Å²) in [7, 11) is 0. The molecule has 1 heterocycles. The van der Waals surface area contributed by atoms with Crippen LogP contribution >= 0.6 is 0 Å². The molecule has 0 aromatic heterocycles. The summed E-state index contributed by atoms with van der Waals surface area (Å²) in [6.07, 6.45) is 4.09. The highest BCUT2D eigenvalue weighted by molar-refractivity contribution is 5.80. The Kier molecular flexibility index (Phi) is 6.06. The average molecular weight is 310 g/mol. The zero-order valence-corrected chi connectivity index (χ0v) is 13.8. The van der Waals surface area contributed by atoms with Crippen LogP contribution in [0.4, 0.5) is 4.79 Å². The number of hydrogen-bond acceptors (Lipinski definition) is 3. The van der Waals surface area contributed by atoms with E-state index < -0.39 is 0 Å². The number of carbonyl (C=O) groups excluding carboxylic acids is 2. The third-order valence-electron chi connectivity index (χ3n) is 4.48. The number of nitrogens with zero attached hydrogens (tertiary/aromatic N) is 1. The zero-order chi connectivity index (χ0) is 16.1. The maximum atomic E-state index is 12.3. The Balaban J connectivity index is 1.73. The monoisotopic (exact) mass is 310 g/mol. The van der Waals surface area contributed by atoms with Crippen LogP contribution in [0.15, 0.2) is 0 Å². The number of amides is 3. The van der Waals surface area contributed by atoms with Crippen molar-refractivity contribution in [2.75, 3.05) is 26.2 Å². The quantitative estimate of drug-likeness (QED) is 0.681. The van der Waals surface area contributed by atoms with Gasteiger partial charge in [0, 0.05) is 32.2 Å². The van der Waals surface area contributed by atoms with Gasteiger partial charge in [-0.15, -0.1) is 0 Å². The SMILES string of the molecule is CC(C)CNC(=O)N1CCCC(C(=O)NCC(N)C2CC2)C1. The summed E-state index contributed by atoms with van der Waals surface area (Å²) in [5.74, 6) is 0.948. The van der Waals surface area contributed by atoms with Crippen LogP contribution in [0.2, 0.25) is 0 Å². The Morgan fingerprint density at radius 3 is 2.55 bits per heavy atom. The van der Waals surface area contributed by atoms with Crippen molar-refractivity contribution in [3.05, 3.63) is 0 Å². The van der Waals surface area contributed by atoms with Crippen molar-refractivity contribution in [1.82, 2.24) is 15.5 Å². The topological polar surface area (TPSA) is 87.5 Å². The molecule has 0 aromatic carbocycles. The van der Waals surface area contributed by atoms with Gasteiger partial charge >= 0.3 is 6.03 Å². The number of urea groups is 1. The summed E-state index contributed by atoms with van der Waals surface area (Å²) in [5.41, 5.74) is 6.01. The van der Waals surface area contributed by atoms with Crippen molar-refractivity contribution in [1.29, 1.82) is 0 Å². The highest BCUT2D eigenvalue weighted by atomic mass is 16.2. The number of hydrogen-bond donors (Lipinski definition) is 3. The van der Waals surface area contributed by atoms with Gasteiger partial charge in [0.25, 0.3) is 0 Å². The molecule has 0 bridgehead atoms. The molecule has 1 saturated heterocycles. The minimum Gasteiger partial charge on any atom is -0.354 e. The molecule has 1 saturated carbocycles. The van der Waals surface area contributed by atoms with Crippen LogP contribution in [0.5, 0.6) is 0 Å². The minimum absolute atomic E-state index is 0.0393. The van der Waals surface area contributed by atoms with E-state index >= 15 is 0 Å². The van der Waals surface area contributed by atoms with Crippen molar-refractivity contribution in [2.45, 2.75) is 45.6 Å². The van der Waals surface area contributed by atoms with E-state index in [1.165, 1.54) is 12.8 Å². The van der Waals surface area contributed by atoms with Crippen LogP contribution in [-0.4, -0.2) is 49.1 Å². The molecule has 6 nitrogen and oxygen atoms in total. The summed E-state index contributed by atoms with van der Waals surface area (Å²) >= 11 is 0. The third-order valence-corrected chi connectivity index (χ3v) is 4.48. The Labute approximate surface area is 133 Å². The van der Waals surface area contributed by atoms with Gasteiger partial charge in [-0.25, -0.2) is 4.79 Å². The first-order chi connectivity index (χ1) is 10.5. The zero-order valence-electron chi connectivity index (χ0n) is 13.8. The van der Waals surface area contributed by atoms with Gasteiger partial charge in [0.1, 0.15) is 0 Å². The first-order valence-corrected chi connectivity index (χ1v) is 8.53. The predicted molar refractivity (Wildman–Crippen MR) is 86.2 cm³/mol. The lowest BCUT2D eigenvalue weighted by Crippen LogP contribution is -2.50. The van der Waals surface area contributed by atoms with Gasteiger partial charge in [0.2, 0.25) is 5.91 Å². The van der Waals surface area contributed by atoms with Gasteiger partial charge in [-0.1, -0.05) is 13.8 Å². The fourth-order valence-corrected chi connectivity index (χ4v) is 2.83. The largest absolute Gasteiger partial charge is 0.354 e. The first-order valence-electron chi connectivity index (χ1n) is 8.53. The summed E-state index contributed by atoms with van der Waals surface area (Å²) in [4.78, 5) is 26.1. The molecule has 22 heavy (non-hydrogen) atoms. The van der Waals surface area contributed by atoms with Gasteiger partial charge < -0.3 is 21.3 Å². The maximum absolute atomic E-state index is 12.3. The molecule has 0 radical (unpaired) electrons. The summed E-state index contributed by atoms with van der Waals surface area (Å²) in [6, 6.07) is 0.0267. The molecule has 3 amide bonds. The number of nitrogens with one attached hydrogen (secondary N) is 2. The van der Waals surface area contributed by atoms with E-state index in [0.29, 0.717) is 31.5 Å². The number of likely N-dealkylation sites (tertiary alicyclic amines) is 1. The molecule has 2 atom stereocenters. The molecule has 0 spiro atoms. The van der Waals surface area contributed by atoms with Crippen molar-refractivity contribution in [3.63, 3.8) is 0 Å². The van der Waals surface area contributed by atoms with Crippen molar-refractivity contribution in [2.24, 2.45) is 23.5 Å². The average Bonchev–Trinajstić information content (AvgIpc) is 3.34. The highest BCUT2D eigenvalue weighted by Gasteiger charge is 2.31. The molecule has 1 aliphatic heterocycles. The highest BCUT2D eigenvalue weighted by Crippen LogP contribution is 2.31. The van der Waals surface area contributed by atoms with Crippen LogP contribution in [0.1, 0.15) is 39.5 Å². The third kappa shape index (κ3) is 5.16. The smallest absolute Gasteiger partial charge is 0.317 e. The predicted octanol–water partition coefficient (Wildman–Crippen LogP) is 0.918. The number of piperidine rings is 1. The van der Waals surface area contributed by atoms with Gasteiger partial charge in [-0.2, -0.15) is 0 Å². The fourth-order valence-electron chi connectivity index (χ4n) is 2.83. The lowest BCUT2D eigenvalue weighted by atomic mass is 9.97. The Morgan fingerprint density at radius 2 is 1.91 bits per heavy atom. The molecular formula is C16H30N4O2. The van der Waals surface area contributed by atoms with E-state index in [1.807, 2.05) is 0 Å². The van der Waals surface area contributed by atoms with E-state index in [9.17, 15) is 9.59 Å². The summed E-state index contributed by atoms with van der Waals surface area (Å²) in [6.45, 7) is 6.59. The standard InChI is InChI=1S/C16H30N4O2/c1-11(2)8-19-16(22)20-7-3-4-13(10-20)15(21)18-9-14(17)12-5-6-12/h11-14H,3-10,17H2,1-2H3,(H,18,21)(H,19,22). The second-order valence-electron chi connectivity index (χ2n) is 7.11. The molecule has 0 aromatic rings. The molecule has 126 valence electrons. The molecule has 2 unspecified atom stereocenters. The second kappa shape index (κ2) is 7.81. The van der Waals surface area contributed by atoms with E-state index in [1.54, 1.807) is 4.90 Å². The van der Waals surface area contributed by atoms with Crippen LogP contribution in [0.25, 0.3) is 0 Å². The number of carbonyl (C=O) groups is 2. The van der Waals surface area contributed by atoms with Crippen LogP contribution in [-0.2, 0) is 4.79 Å². The molecule has 4 N–H and O–H groups in total. The molecule has 6 heteroatoms. The van der Waals surface area contributed by atoms with Crippen molar-refractivity contribution in [3.8, 4) is 0 Å². The van der Waals surface area contributed by atoms with Crippen LogP contribution in [0.3, 0.4) is 0 Å².